The predicted molar refractivity (Wildman–Crippen MR) is 81.0 cm³/mol. The fraction of sp³-hybridized carbons (Fsp3) is 0.833. The van der Waals surface area contributed by atoms with Crippen LogP contribution in [-0.4, -0.2) is 52.7 Å². The van der Waals surface area contributed by atoms with Crippen LogP contribution < -0.4 is 10.6 Å². The SMILES string of the molecule is CC(CCCNC(=O)NCC1CSCCS1)C(=O)O. The zero-order valence-electron chi connectivity index (χ0n) is 11.2. The molecule has 2 unspecified atom stereocenters. The first kappa shape index (κ1) is 16.5. The van der Waals surface area contributed by atoms with Gasteiger partial charge in [-0.25, -0.2) is 4.79 Å². The zero-order chi connectivity index (χ0) is 14.1. The third-order valence-corrected chi connectivity index (χ3v) is 5.74. The molecule has 0 aromatic carbocycles. The van der Waals surface area contributed by atoms with E-state index in [-0.39, 0.29) is 11.9 Å². The van der Waals surface area contributed by atoms with Crippen molar-refractivity contribution < 1.29 is 14.7 Å². The van der Waals surface area contributed by atoms with Crippen LogP contribution in [0, 0.1) is 5.92 Å². The monoisotopic (exact) mass is 306 g/mol. The molecule has 0 aromatic rings. The molecule has 5 nitrogen and oxygen atoms in total. The number of thioether (sulfide) groups is 2. The summed E-state index contributed by atoms with van der Waals surface area (Å²) in [6.45, 7) is 2.91. The smallest absolute Gasteiger partial charge is 0.314 e. The second-order valence-electron chi connectivity index (χ2n) is 4.59. The average molecular weight is 306 g/mol. The van der Waals surface area contributed by atoms with E-state index in [2.05, 4.69) is 10.6 Å². The molecule has 2 amide bonds. The second kappa shape index (κ2) is 9.36. The van der Waals surface area contributed by atoms with E-state index in [0.717, 1.165) is 11.5 Å². The maximum Gasteiger partial charge on any atom is 0.314 e. The number of carboxylic acids is 1. The van der Waals surface area contributed by atoms with Crippen molar-refractivity contribution in [2.24, 2.45) is 5.92 Å². The highest BCUT2D eigenvalue weighted by Gasteiger charge is 2.15. The molecule has 0 aromatic heterocycles. The quantitative estimate of drug-likeness (QED) is 0.623. The van der Waals surface area contributed by atoms with Crippen LogP contribution in [-0.2, 0) is 4.79 Å². The molecule has 0 radical (unpaired) electrons. The van der Waals surface area contributed by atoms with Crippen LogP contribution in [0.5, 0.6) is 0 Å². The minimum absolute atomic E-state index is 0.154. The Morgan fingerprint density at radius 3 is 2.79 bits per heavy atom. The van der Waals surface area contributed by atoms with Crippen molar-refractivity contribution in [3.05, 3.63) is 0 Å². The summed E-state index contributed by atoms with van der Waals surface area (Å²) >= 11 is 3.85. The Labute approximate surface area is 122 Å². The molecule has 1 aliphatic heterocycles. The standard InChI is InChI=1S/C12H22N2O3S2/c1-9(11(15)16)3-2-4-13-12(17)14-7-10-8-18-5-6-19-10/h9-10H,2-8H2,1H3,(H,15,16)(H2,13,14,17). The molecule has 1 saturated heterocycles. The molecule has 0 bridgehead atoms. The summed E-state index contributed by atoms with van der Waals surface area (Å²) < 4.78 is 0. The van der Waals surface area contributed by atoms with Crippen LogP contribution in [0.2, 0.25) is 0 Å². The molecule has 1 fully saturated rings. The minimum atomic E-state index is -0.781. The van der Waals surface area contributed by atoms with Crippen LogP contribution in [0.25, 0.3) is 0 Å². The van der Waals surface area contributed by atoms with Gasteiger partial charge in [0.05, 0.1) is 5.92 Å². The van der Waals surface area contributed by atoms with Crippen molar-refractivity contribution in [2.45, 2.75) is 25.0 Å². The van der Waals surface area contributed by atoms with Crippen LogP contribution in [0.3, 0.4) is 0 Å². The molecule has 0 aliphatic carbocycles. The number of carbonyl (C=O) groups excluding carboxylic acids is 1. The lowest BCUT2D eigenvalue weighted by Gasteiger charge is -2.21. The number of carbonyl (C=O) groups is 2. The molecule has 1 rings (SSSR count). The number of rotatable bonds is 7. The largest absolute Gasteiger partial charge is 0.481 e. The first-order valence-electron chi connectivity index (χ1n) is 6.53. The number of urea groups is 1. The molecule has 19 heavy (non-hydrogen) atoms. The number of hydrogen-bond donors (Lipinski definition) is 3. The molecule has 0 saturated carbocycles. The Balaban J connectivity index is 2.00. The molecular formula is C12H22N2O3S2. The van der Waals surface area contributed by atoms with Gasteiger partial charge in [0.15, 0.2) is 0 Å². The van der Waals surface area contributed by atoms with Gasteiger partial charge in [0.25, 0.3) is 0 Å². The van der Waals surface area contributed by atoms with Crippen LogP contribution in [0.1, 0.15) is 19.8 Å². The third-order valence-electron chi connectivity index (χ3n) is 2.90. The maximum absolute atomic E-state index is 11.5. The molecule has 7 heteroatoms. The fourth-order valence-electron chi connectivity index (χ4n) is 1.66. The number of amides is 2. The number of carboxylic acid groups (broad SMARTS) is 1. The summed E-state index contributed by atoms with van der Waals surface area (Å²) in [5.41, 5.74) is 0. The highest BCUT2D eigenvalue weighted by Crippen LogP contribution is 2.23. The lowest BCUT2D eigenvalue weighted by molar-refractivity contribution is -0.141. The first-order chi connectivity index (χ1) is 9.09. The van der Waals surface area contributed by atoms with E-state index in [1.54, 1.807) is 6.92 Å². The van der Waals surface area contributed by atoms with Crippen LogP contribution in [0.4, 0.5) is 4.79 Å². The van der Waals surface area contributed by atoms with E-state index in [1.165, 1.54) is 5.75 Å². The van der Waals surface area contributed by atoms with Gasteiger partial charge >= 0.3 is 12.0 Å². The summed E-state index contributed by atoms with van der Waals surface area (Å²) in [4.78, 5) is 22.1. The van der Waals surface area contributed by atoms with Gasteiger partial charge in [0.2, 0.25) is 0 Å². The summed E-state index contributed by atoms with van der Waals surface area (Å²) in [7, 11) is 0. The van der Waals surface area contributed by atoms with Crippen LogP contribution in [0.15, 0.2) is 0 Å². The Kier molecular flexibility index (Phi) is 8.13. The van der Waals surface area contributed by atoms with Gasteiger partial charge in [-0.3, -0.25) is 4.79 Å². The molecule has 110 valence electrons. The molecule has 0 spiro atoms. The summed E-state index contributed by atoms with van der Waals surface area (Å²) in [5.74, 6) is 2.33. The van der Waals surface area contributed by atoms with Gasteiger partial charge in [0.1, 0.15) is 0 Å². The molecule has 1 heterocycles. The molecule has 1 aliphatic rings. The second-order valence-corrected chi connectivity index (χ2v) is 7.14. The van der Waals surface area contributed by atoms with Crippen molar-refractivity contribution in [1.82, 2.24) is 10.6 Å². The molecular weight excluding hydrogens is 284 g/mol. The van der Waals surface area contributed by atoms with E-state index in [4.69, 9.17) is 5.11 Å². The summed E-state index contributed by atoms with van der Waals surface area (Å²) in [5, 5.41) is 14.8. The highest BCUT2D eigenvalue weighted by molar-refractivity contribution is 8.06. The van der Waals surface area contributed by atoms with E-state index < -0.39 is 5.97 Å². The van der Waals surface area contributed by atoms with Crippen molar-refractivity contribution in [3.8, 4) is 0 Å². The van der Waals surface area contributed by atoms with Crippen molar-refractivity contribution >= 4 is 35.5 Å². The Morgan fingerprint density at radius 2 is 2.16 bits per heavy atom. The van der Waals surface area contributed by atoms with E-state index >= 15 is 0 Å². The van der Waals surface area contributed by atoms with Gasteiger partial charge in [-0.1, -0.05) is 6.92 Å². The Hall–Kier alpha value is -0.560. The average Bonchev–Trinajstić information content (AvgIpc) is 2.42. The Morgan fingerprint density at radius 1 is 1.37 bits per heavy atom. The minimum Gasteiger partial charge on any atom is -0.481 e. The molecule has 3 N–H and O–H groups in total. The topological polar surface area (TPSA) is 78.4 Å². The van der Waals surface area contributed by atoms with E-state index in [1.807, 2.05) is 23.5 Å². The normalized spacial score (nSPS) is 20.6. The van der Waals surface area contributed by atoms with E-state index in [9.17, 15) is 9.59 Å². The van der Waals surface area contributed by atoms with Crippen molar-refractivity contribution in [3.63, 3.8) is 0 Å². The summed E-state index contributed by atoms with van der Waals surface area (Å²) in [6.07, 6.45) is 1.28. The zero-order valence-corrected chi connectivity index (χ0v) is 12.8. The molecule has 2 atom stereocenters. The van der Waals surface area contributed by atoms with Gasteiger partial charge in [-0.2, -0.15) is 23.5 Å². The van der Waals surface area contributed by atoms with Gasteiger partial charge in [-0.15, -0.1) is 0 Å². The number of hydrogen-bond acceptors (Lipinski definition) is 4. The Bertz CT molecular complexity index is 297. The predicted octanol–water partition coefficient (Wildman–Crippen LogP) is 1.64. The van der Waals surface area contributed by atoms with Gasteiger partial charge in [-0.05, 0) is 12.8 Å². The lowest BCUT2D eigenvalue weighted by atomic mass is 10.1. The highest BCUT2D eigenvalue weighted by atomic mass is 32.2. The van der Waals surface area contributed by atoms with Gasteiger partial charge in [0, 0.05) is 35.6 Å². The van der Waals surface area contributed by atoms with E-state index in [0.29, 0.717) is 31.2 Å². The first-order valence-corrected chi connectivity index (χ1v) is 8.73. The summed E-state index contributed by atoms with van der Waals surface area (Å²) in [6, 6.07) is -0.154. The van der Waals surface area contributed by atoms with Crippen LogP contribution >= 0.6 is 23.5 Å². The lowest BCUT2D eigenvalue weighted by Crippen LogP contribution is -2.40. The number of nitrogens with one attached hydrogen (secondary N) is 2. The van der Waals surface area contributed by atoms with Gasteiger partial charge < -0.3 is 15.7 Å². The fourth-order valence-corrected chi connectivity index (χ4v) is 4.27. The maximum atomic E-state index is 11.5. The van der Waals surface area contributed by atoms with Crippen molar-refractivity contribution in [2.75, 3.05) is 30.3 Å². The number of aliphatic carboxylic acids is 1. The third kappa shape index (κ3) is 7.57. The van der Waals surface area contributed by atoms with Crippen molar-refractivity contribution in [1.29, 1.82) is 0 Å².